The van der Waals surface area contributed by atoms with Gasteiger partial charge < -0.3 is 15.0 Å². The first-order valence-electron chi connectivity index (χ1n) is 5.55. The summed E-state index contributed by atoms with van der Waals surface area (Å²) in [6.45, 7) is 10.3. The molecule has 14 heavy (non-hydrogen) atoms. The van der Waals surface area contributed by atoms with E-state index in [0.717, 1.165) is 26.2 Å². The average molecular weight is 202 g/mol. The van der Waals surface area contributed by atoms with Crippen molar-refractivity contribution >= 4 is 0 Å². The fourth-order valence-corrected chi connectivity index (χ4v) is 1.16. The quantitative estimate of drug-likeness (QED) is 0.640. The van der Waals surface area contributed by atoms with E-state index < -0.39 is 0 Å². The van der Waals surface area contributed by atoms with Crippen molar-refractivity contribution in [2.24, 2.45) is 5.92 Å². The standard InChI is InChI=1S/C11H26N2O/c1-6-12-9-11(10(2)3)14-8-7-13(4)5/h10-12H,6-9H2,1-5H3. The number of rotatable bonds is 8. The molecule has 0 aliphatic rings. The summed E-state index contributed by atoms with van der Waals surface area (Å²) in [7, 11) is 4.13. The van der Waals surface area contributed by atoms with Crippen LogP contribution in [0.25, 0.3) is 0 Å². The van der Waals surface area contributed by atoms with Gasteiger partial charge in [0, 0.05) is 13.1 Å². The van der Waals surface area contributed by atoms with Crippen molar-refractivity contribution < 1.29 is 4.74 Å². The predicted octanol–water partition coefficient (Wildman–Crippen LogP) is 1.20. The molecule has 0 aliphatic heterocycles. The first-order valence-corrected chi connectivity index (χ1v) is 5.55. The van der Waals surface area contributed by atoms with Gasteiger partial charge in [-0.05, 0) is 26.6 Å². The predicted molar refractivity (Wildman–Crippen MR) is 61.7 cm³/mol. The molecule has 86 valence electrons. The molecule has 0 fully saturated rings. The molecule has 1 atom stereocenters. The normalized spacial score (nSPS) is 13.9. The highest BCUT2D eigenvalue weighted by molar-refractivity contribution is 4.65. The summed E-state index contributed by atoms with van der Waals surface area (Å²) in [6.07, 6.45) is 0.342. The Morgan fingerprint density at radius 1 is 1.29 bits per heavy atom. The molecule has 0 aromatic rings. The van der Waals surface area contributed by atoms with Crippen LogP contribution in [0.1, 0.15) is 20.8 Å². The maximum atomic E-state index is 5.81. The van der Waals surface area contributed by atoms with Gasteiger partial charge >= 0.3 is 0 Å². The smallest absolute Gasteiger partial charge is 0.0722 e. The molecule has 0 spiro atoms. The van der Waals surface area contributed by atoms with Crippen LogP contribution >= 0.6 is 0 Å². The molecular weight excluding hydrogens is 176 g/mol. The van der Waals surface area contributed by atoms with E-state index in [4.69, 9.17) is 4.74 Å². The summed E-state index contributed by atoms with van der Waals surface area (Å²) in [5, 5.41) is 3.33. The van der Waals surface area contributed by atoms with Crippen LogP contribution < -0.4 is 5.32 Å². The highest BCUT2D eigenvalue weighted by Gasteiger charge is 2.12. The van der Waals surface area contributed by atoms with Gasteiger partial charge in [-0.2, -0.15) is 0 Å². The second kappa shape index (κ2) is 8.21. The third-order valence-corrected chi connectivity index (χ3v) is 2.21. The molecule has 0 amide bonds. The van der Waals surface area contributed by atoms with Gasteiger partial charge in [-0.15, -0.1) is 0 Å². The van der Waals surface area contributed by atoms with Gasteiger partial charge in [0.05, 0.1) is 12.7 Å². The largest absolute Gasteiger partial charge is 0.375 e. The molecule has 1 N–H and O–H groups in total. The van der Waals surface area contributed by atoms with Gasteiger partial charge in [-0.25, -0.2) is 0 Å². The zero-order valence-electron chi connectivity index (χ0n) is 10.3. The summed E-state index contributed by atoms with van der Waals surface area (Å²) >= 11 is 0. The van der Waals surface area contributed by atoms with E-state index in [9.17, 15) is 0 Å². The van der Waals surface area contributed by atoms with Crippen LogP contribution in [-0.2, 0) is 4.74 Å². The zero-order valence-corrected chi connectivity index (χ0v) is 10.3. The van der Waals surface area contributed by atoms with Crippen molar-refractivity contribution in [1.82, 2.24) is 10.2 Å². The molecule has 0 rings (SSSR count). The van der Waals surface area contributed by atoms with Crippen LogP contribution in [0.15, 0.2) is 0 Å². The lowest BCUT2D eigenvalue weighted by molar-refractivity contribution is 0.0165. The van der Waals surface area contributed by atoms with Gasteiger partial charge in [0.2, 0.25) is 0 Å². The monoisotopic (exact) mass is 202 g/mol. The van der Waals surface area contributed by atoms with E-state index in [2.05, 4.69) is 45.1 Å². The Kier molecular flexibility index (Phi) is 8.14. The van der Waals surface area contributed by atoms with Crippen molar-refractivity contribution in [3.8, 4) is 0 Å². The van der Waals surface area contributed by atoms with E-state index in [1.807, 2.05) is 0 Å². The third-order valence-electron chi connectivity index (χ3n) is 2.21. The number of nitrogens with zero attached hydrogens (tertiary/aromatic N) is 1. The van der Waals surface area contributed by atoms with E-state index in [1.54, 1.807) is 0 Å². The number of nitrogens with one attached hydrogen (secondary N) is 1. The molecule has 0 aromatic heterocycles. The second-order valence-corrected chi connectivity index (χ2v) is 4.26. The minimum absolute atomic E-state index is 0.342. The Morgan fingerprint density at radius 3 is 2.36 bits per heavy atom. The first kappa shape index (κ1) is 13.9. The van der Waals surface area contributed by atoms with E-state index >= 15 is 0 Å². The second-order valence-electron chi connectivity index (χ2n) is 4.26. The SMILES string of the molecule is CCNCC(OCCN(C)C)C(C)C. The third kappa shape index (κ3) is 7.30. The van der Waals surface area contributed by atoms with Crippen LogP contribution in [0.2, 0.25) is 0 Å². The van der Waals surface area contributed by atoms with E-state index in [-0.39, 0.29) is 0 Å². The van der Waals surface area contributed by atoms with Crippen molar-refractivity contribution in [2.45, 2.75) is 26.9 Å². The topological polar surface area (TPSA) is 24.5 Å². The van der Waals surface area contributed by atoms with Gasteiger partial charge in [0.25, 0.3) is 0 Å². The van der Waals surface area contributed by atoms with Crippen molar-refractivity contribution in [1.29, 1.82) is 0 Å². The van der Waals surface area contributed by atoms with Gasteiger partial charge in [0.15, 0.2) is 0 Å². The Morgan fingerprint density at radius 2 is 1.93 bits per heavy atom. The summed E-state index contributed by atoms with van der Waals surface area (Å²) in [5.74, 6) is 0.580. The fraction of sp³-hybridized carbons (Fsp3) is 1.00. The van der Waals surface area contributed by atoms with Crippen LogP contribution in [0.5, 0.6) is 0 Å². The van der Waals surface area contributed by atoms with Crippen LogP contribution in [-0.4, -0.2) is 51.3 Å². The lowest BCUT2D eigenvalue weighted by Crippen LogP contribution is -2.34. The summed E-state index contributed by atoms with van der Waals surface area (Å²) < 4.78 is 5.81. The number of likely N-dealkylation sites (N-methyl/N-ethyl adjacent to an activating group) is 2. The highest BCUT2D eigenvalue weighted by Crippen LogP contribution is 2.05. The Bertz CT molecular complexity index is 126. The number of hydrogen-bond acceptors (Lipinski definition) is 3. The summed E-state index contributed by atoms with van der Waals surface area (Å²) in [6, 6.07) is 0. The summed E-state index contributed by atoms with van der Waals surface area (Å²) in [4.78, 5) is 2.14. The number of hydrogen-bond donors (Lipinski definition) is 1. The molecule has 0 saturated carbocycles. The van der Waals surface area contributed by atoms with Crippen LogP contribution in [0.4, 0.5) is 0 Å². The molecule has 1 unspecified atom stereocenters. The maximum absolute atomic E-state index is 5.81. The fourth-order valence-electron chi connectivity index (χ4n) is 1.16. The molecule has 0 aromatic carbocycles. The molecule has 0 heterocycles. The average Bonchev–Trinajstić information content (AvgIpc) is 2.09. The molecule has 0 saturated heterocycles. The first-order chi connectivity index (χ1) is 6.57. The van der Waals surface area contributed by atoms with Crippen LogP contribution in [0.3, 0.4) is 0 Å². The maximum Gasteiger partial charge on any atom is 0.0722 e. The highest BCUT2D eigenvalue weighted by atomic mass is 16.5. The van der Waals surface area contributed by atoms with Gasteiger partial charge in [-0.1, -0.05) is 20.8 Å². The van der Waals surface area contributed by atoms with Gasteiger partial charge in [-0.3, -0.25) is 0 Å². The molecule has 0 radical (unpaired) electrons. The minimum Gasteiger partial charge on any atom is -0.375 e. The minimum atomic E-state index is 0.342. The van der Waals surface area contributed by atoms with Gasteiger partial charge in [0.1, 0.15) is 0 Å². The Balaban J connectivity index is 3.62. The summed E-state index contributed by atoms with van der Waals surface area (Å²) in [5.41, 5.74) is 0. The lowest BCUT2D eigenvalue weighted by Gasteiger charge is -2.22. The number of ether oxygens (including phenoxy) is 1. The van der Waals surface area contributed by atoms with Crippen molar-refractivity contribution in [3.63, 3.8) is 0 Å². The van der Waals surface area contributed by atoms with E-state index in [0.29, 0.717) is 12.0 Å². The lowest BCUT2D eigenvalue weighted by atomic mass is 10.1. The zero-order chi connectivity index (χ0) is 11.0. The van der Waals surface area contributed by atoms with Crippen LogP contribution in [0, 0.1) is 5.92 Å². The Hall–Kier alpha value is -0.120. The molecule has 0 bridgehead atoms. The van der Waals surface area contributed by atoms with Crippen molar-refractivity contribution in [3.05, 3.63) is 0 Å². The molecule has 3 nitrogen and oxygen atoms in total. The molecular formula is C11H26N2O. The van der Waals surface area contributed by atoms with Crippen molar-refractivity contribution in [2.75, 3.05) is 40.3 Å². The molecule has 3 heteroatoms. The molecule has 0 aliphatic carbocycles. The Labute approximate surface area is 88.8 Å². The van der Waals surface area contributed by atoms with E-state index in [1.165, 1.54) is 0 Å².